The summed E-state index contributed by atoms with van der Waals surface area (Å²) >= 11 is 7.12. The third-order valence-corrected chi connectivity index (χ3v) is 4.99. The SMILES string of the molecule is Cc1ccc(N2C(=O)CC(Sc3ccc(Cl)cc3)C2=O)c(F)c1. The normalized spacial score (nSPS) is 17.9. The van der Waals surface area contributed by atoms with E-state index in [1.54, 1.807) is 37.3 Å². The first-order valence-corrected chi connectivity index (χ1v) is 8.26. The van der Waals surface area contributed by atoms with Crippen molar-refractivity contribution < 1.29 is 14.0 Å². The maximum Gasteiger partial charge on any atom is 0.247 e. The van der Waals surface area contributed by atoms with Gasteiger partial charge < -0.3 is 0 Å². The average Bonchev–Trinajstić information content (AvgIpc) is 2.77. The molecule has 6 heteroatoms. The molecule has 3 nitrogen and oxygen atoms in total. The molecule has 1 aliphatic rings. The highest BCUT2D eigenvalue weighted by molar-refractivity contribution is 8.00. The summed E-state index contributed by atoms with van der Waals surface area (Å²) in [6, 6.07) is 11.5. The topological polar surface area (TPSA) is 37.4 Å². The number of carbonyl (C=O) groups excluding carboxylic acids is 2. The first kappa shape index (κ1) is 16.0. The summed E-state index contributed by atoms with van der Waals surface area (Å²) in [7, 11) is 0. The zero-order chi connectivity index (χ0) is 16.6. The van der Waals surface area contributed by atoms with Gasteiger partial charge in [0.15, 0.2) is 0 Å². The van der Waals surface area contributed by atoms with Crippen LogP contribution < -0.4 is 4.90 Å². The molecule has 1 unspecified atom stereocenters. The van der Waals surface area contributed by atoms with Crippen molar-refractivity contribution in [3.63, 3.8) is 0 Å². The molecule has 2 aromatic carbocycles. The summed E-state index contributed by atoms with van der Waals surface area (Å²) in [5.41, 5.74) is 0.752. The quantitative estimate of drug-likeness (QED) is 0.779. The summed E-state index contributed by atoms with van der Waals surface area (Å²) < 4.78 is 14.1. The summed E-state index contributed by atoms with van der Waals surface area (Å²) in [4.78, 5) is 26.5. The van der Waals surface area contributed by atoms with Gasteiger partial charge in [0.1, 0.15) is 5.82 Å². The summed E-state index contributed by atoms with van der Waals surface area (Å²) in [5, 5.41) is 0.0518. The van der Waals surface area contributed by atoms with E-state index in [4.69, 9.17) is 11.6 Å². The van der Waals surface area contributed by atoms with Crippen molar-refractivity contribution in [1.29, 1.82) is 0 Å². The second-order valence-electron chi connectivity index (χ2n) is 5.29. The fourth-order valence-electron chi connectivity index (χ4n) is 2.42. The number of carbonyl (C=O) groups is 2. The number of aryl methyl sites for hydroxylation is 1. The lowest BCUT2D eigenvalue weighted by molar-refractivity contribution is -0.121. The summed E-state index contributed by atoms with van der Waals surface area (Å²) in [6.45, 7) is 1.75. The van der Waals surface area contributed by atoms with Crippen LogP contribution in [0.3, 0.4) is 0 Å². The molecule has 1 fully saturated rings. The molecule has 0 aromatic heterocycles. The Morgan fingerprint density at radius 1 is 1.17 bits per heavy atom. The minimum Gasteiger partial charge on any atom is -0.274 e. The minimum absolute atomic E-state index is 0.0183. The maximum absolute atomic E-state index is 14.1. The number of thioether (sulfide) groups is 1. The summed E-state index contributed by atoms with van der Waals surface area (Å²) in [5.74, 6) is -1.34. The largest absolute Gasteiger partial charge is 0.274 e. The highest BCUT2D eigenvalue weighted by Gasteiger charge is 2.41. The van der Waals surface area contributed by atoms with Crippen LogP contribution in [0, 0.1) is 12.7 Å². The fourth-order valence-corrected chi connectivity index (χ4v) is 3.60. The molecule has 0 bridgehead atoms. The Balaban J connectivity index is 1.83. The molecule has 2 amide bonds. The van der Waals surface area contributed by atoms with Gasteiger partial charge in [0.2, 0.25) is 11.8 Å². The van der Waals surface area contributed by atoms with Gasteiger partial charge in [-0.25, -0.2) is 9.29 Å². The van der Waals surface area contributed by atoms with Crippen molar-refractivity contribution in [1.82, 2.24) is 0 Å². The number of hydrogen-bond acceptors (Lipinski definition) is 3. The van der Waals surface area contributed by atoms with Crippen LogP contribution >= 0.6 is 23.4 Å². The molecule has 0 N–H and O–H groups in total. The molecule has 3 rings (SSSR count). The number of anilines is 1. The molecular formula is C17H13ClFNO2S. The van der Waals surface area contributed by atoms with Crippen molar-refractivity contribution in [3.05, 3.63) is 58.9 Å². The van der Waals surface area contributed by atoms with Gasteiger partial charge in [-0.3, -0.25) is 9.59 Å². The van der Waals surface area contributed by atoms with Crippen LogP contribution in [-0.4, -0.2) is 17.1 Å². The number of nitrogens with zero attached hydrogens (tertiary/aromatic N) is 1. The molecule has 0 aliphatic carbocycles. The van der Waals surface area contributed by atoms with E-state index < -0.39 is 17.0 Å². The monoisotopic (exact) mass is 349 g/mol. The lowest BCUT2D eigenvalue weighted by atomic mass is 10.2. The Hall–Kier alpha value is -1.85. The van der Waals surface area contributed by atoms with Gasteiger partial charge in [-0.2, -0.15) is 0 Å². The van der Waals surface area contributed by atoms with Crippen molar-refractivity contribution in [2.45, 2.75) is 23.5 Å². The average molecular weight is 350 g/mol. The Kier molecular flexibility index (Phi) is 4.41. The number of amides is 2. The van der Waals surface area contributed by atoms with E-state index >= 15 is 0 Å². The lowest BCUT2D eigenvalue weighted by Crippen LogP contribution is -2.31. The van der Waals surface area contributed by atoms with Crippen LogP contribution in [0.5, 0.6) is 0 Å². The Labute approximate surface area is 142 Å². The predicted octanol–water partition coefficient (Wildman–Crippen LogP) is 4.21. The molecule has 2 aromatic rings. The zero-order valence-corrected chi connectivity index (χ0v) is 13.8. The smallest absolute Gasteiger partial charge is 0.247 e. The van der Waals surface area contributed by atoms with E-state index in [1.807, 2.05) is 0 Å². The summed E-state index contributed by atoms with van der Waals surface area (Å²) in [6.07, 6.45) is 0.0550. The molecule has 1 atom stereocenters. The molecule has 1 aliphatic heterocycles. The van der Waals surface area contributed by atoms with E-state index in [0.717, 1.165) is 15.4 Å². The lowest BCUT2D eigenvalue weighted by Gasteiger charge is -2.16. The van der Waals surface area contributed by atoms with Crippen molar-refractivity contribution in [2.24, 2.45) is 0 Å². The van der Waals surface area contributed by atoms with Gasteiger partial charge in [0.05, 0.1) is 10.9 Å². The number of hydrogen-bond donors (Lipinski definition) is 0. The van der Waals surface area contributed by atoms with E-state index in [2.05, 4.69) is 0 Å². The van der Waals surface area contributed by atoms with Crippen LogP contribution in [0.25, 0.3) is 0 Å². The number of halogens is 2. The predicted molar refractivity (Wildman–Crippen MR) is 89.3 cm³/mol. The van der Waals surface area contributed by atoms with Gasteiger partial charge in [-0.05, 0) is 48.9 Å². The highest BCUT2D eigenvalue weighted by atomic mass is 35.5. The third kappa shape index (κ3) is 3.26. The third-order valence-electron chi connectivity index (χ3n) is 3.54. The standard InChI is InChI=1S/C17H13ClFNO2S/c1-10-2-7-14(13(19)8-10)20-16(21)9-15(17(20)22)23-12-5-3-11(18)4-6-12/h2-8,15H,9H2,1H3. The number of rotatable bonds is 3. The first-order chi connectivity index (χ1) is 11.0. The van der Waals surface area contributed by atoms with Crippen LogP contribution in [0.4, 0.5) is 10.1 Å². The molecule has 1 heterocycles. The Morgan fingerprint density at radius 3 is 2.52 bits per heavy atom. The molecule has 0 radical (unpaired) electrons. The van der Waals surface area contributed by atoms with Crippen molar-refractivity contribution in [3.8, 4) is 0 Å². The van der Waals surface area contributed by atoms with E-state index in [1.165, 1.54) is 23.9 Å². The van der Waals surface area contributed by atoms with Crippen LogP contribution in [0.15, 0.2) is 47.4 Å². The van der Waals surface area contributed by atoms with Gasteiger partial charge in [-0.1, -0.05) is 17.7 Å². The van der Waals surface area contributed by atoms with Crippen molar-refractivity contribution in [2.75, 3.05) is 4.90 Å². The fraction of sp³-hybridized carbons (Fsp3) is 0.176. The van der Waals surface area contributed by atoms with Crippen molar-refractivity contribution >= 4 is 40.9 Å². The second-order valence-corrected chi connectivity index (χ2v) is 7.00. The van der Waals surface area contributed by atoms with Crippen LogP contribution in [0.2, 0.25) is 5.02 Å². The van der Waals surface area contributed by atoms with E-state index in [0.29, 0.717) is 5.02 Å². The number of benzene rings is 2. The number of imide groups is 1. The van der Waals surface area contributed by atoms with E-state index in [9.17, 15) is 14.0 Å². The van der Waals surface area contributed by atoms with E-state index in [-0.39, 0.29) is 18.0 Å². The molecule has 118 valence electrons. The minimum atomic E-state index is -0.566. The second kappa shape index (κ2) is 6.34. The molecule has 0 spiro atoms. The molecule has 23 heavy (non-hydrogen) atoms. The zero-order valence-electron chi connectivity index (χ0n) is 12.3. The maximum atomic E-state index is 14.1. The van der Waals surface area contributed by atoms with Gasteiger partial charge >= 0.3 is 0 Å². The molecule has 0 saturated carbocycles. The highest BCUT2D eigenvalue weighted by Crippen LogP contribution is 2.35. The molecular weight excluding hydrogens is 337 g/mol. The van der Waals surface area contributed by atoms with Crippen LogP contribution in [0.1, 0.15) is 12.0 Å². The Bertz CT molecular complexity index is 779. The Morgan fingerprint density at radius 2 is 1.87 bits per heavy atom. The van der Waals surface area contributed by atoms with Gasteiger partial charge in [0.25, 0.3) is 0 Å². The van der Waals surface area contributed by atoms with Gasteiger partial charge in [0, 0.05) is 16.3 Å². The van der Waals surface area contributed by atoms with Crippen LogP contribution in [-0.2, 0) is 9.59 Å². The molecule has 1 saturated heterocycles. The van der Waals surface area contributed by atoms with Gasteiger partial charge in [-0.15, -0.1) is 11.8 Å². The first-order valence-electron chi connectivity index (χ1n) is 7.01.